The number of hydrogen-bond acceptors (Lipinski definition) is 4. The van der Waals surface area contributed by atoms with Crippen molar-refractivity contribution >= 4 is 5.91 Å². The predicted octanol–water partition coefficient (Wildman–Crippen LogP) is 2.85. The summed E-state index contributed by atoms with van der Waals surface area (Å²) >= 11 is 0. The normalized spacial score (nSPS) is 11.9. The number of carbonyl (C=O) groups excluding carboxylic acids is 1. The summed E-state index contributed by atoms with van der Waals surface area (Å²) in [5.41, 5.74) is 8.48. The summed E-state index contributed by atoms with van der Waals surface area (Å²) in [5, 5.41) is 2.81. The van der Waals surface area contributed by atoms with Crippen LogP contribution in [0.5, 0.6) is 0 Å². The lowest BCUT2D eigenvalue weighted by atomic mass is 10.1. The van der Waals surface area contributed by atoms with Gasteiger partial charge < -0.3 is 15.5 Å². The van der Waals surface area contributed by atoms with E-state index in [2.05, 4.69) is 10.3 Å². The lowest BCUT2D eigenvalue weighted by Crippen LogP contribution is -2.23. The first kappa shape index (κ1) is 16.0. The van der Waals surface area contributed by atoms with Gasteiger partial charge in [0, 0.05) is 6.54 Å². The van der Waals surface area contributed by atoms with Crippen LogP contribution in [0.3, 0.4) is 0 Å². The number of nitrogens with one attached hydrogen (secondary N) is 1. The zero-order valence-corrected chi connectivity index (χ0v) is 13.2. The van der Waals surface area contributed by atoms with Crippen LogP contribution in [0.15, 0.2) is 71.3 Å². The van der Waals surface area contributed by atoms with Gasteiger partial charge in [-0.25, -0.2) is 4.98 Å². The van der Waals surface area contributed by atoms with Crippen LogP contribution in [0.1, 0.15) is 33.5 Å². The number of carbonyl (C=O) groups is 1. The summed E-state index contributed by atoms with van der Waals surface area (Å²) in [7, 11) is 0. The number of hydrogen-bond donors (Lipinski definition) is 2. The molecule has 24 heavy (non-hydrogen) atoms. The Morgan fingerprint density at radius 1 is 1.04 bits per heavy atom. The second-order valence-corrected chi connectivity index (χ2v) is 5.54. The first-order chi connectivity index (χ1) is 11.7. The molecule has 0 radical (unpaired) electrons. The quantitative estimate of drug-likeness (QED) is 0.731. The maximum Gasteiger partial charge on any atom is 0.273 e. The van der Waals surface area contributed by atoms with Gasteiger partial charge >= 0.3 is 0 Å². The molecular formula is C19H19N3O2. The third-order valence-electron chi connectivity index (χ3n) is 3.67. The molecule has 2 aromatic carbocycles. The van der Waals surface area contributed by atoms with E-state index in [1.54, 1.807) is 0 Å². The fourth-order valence-corrected chi connectivity index (χ4v) is 2.39. The molecule has 1 amide bonds. The number of rotatable bonds is 6. The summed E-state index contributed by atoms with van der Waals surface area (Å²) in [4.78, 5) is 16.4. The Hall–Kier alpha value is -2.92. The van der Waals surface area contributed by atoms with Gasteiger partial charge in [-0.15, -0.1) is 0 Å². The molecule has 3 N–H and O–H groups in total. The second-order valence-electron chi connectivity index (χ2n) is 5.54. The van der Waals surface area contributed by atoms with Gasteiger partial charge in [0.1, 0.15) is 6.26 Å². The highest BCUT2D eigenvalue weighted by molar-refractivity contribution is 5.91. The van der Waals surface area contributed by atoms with Gasteiger partial charge in [0.05, 0.1) is 6.04 Å². The first-order valence-corrected chi connectivity index (χ1v) is 7.79. The number of aromatic nitrogens is 1. The van der Waals surface area contributed by atoms with E-state index < -0.39 is 0 Å². The molecule has 1 heterocycles. The molecule has 3 aromatic rings. The summed E-state index contributed by atoms with van der Waals surface area (Å²) in [5.74, 6) is 0.0875. The average molecular weight is 321 g/mol. The van der Waals surface area contributed by atoms with E-state index in [1.165, 1.54) is 6.26 Å². The fraction of sp³-hybridized carbons (Fsp3) is 0.158. The summed E-state index contributed by atoms with van der Waals surface area (Å²) in [6, 6.07) is 19.2. The van der Waals surface area contributed by atoms with Crippen molar-refractivity contribution in [3.8, 4) is 0 Å². The number of benzene rings is 2. The standard InChI is InChI=1S/C19H19N3O2/c20-16(11-14-7-3-1-4-8-14)19-22-17(13-24-19)18(23)21-12-15-9-5-2-6-10-15/h1-10,13,16H,11-12,20H2,(H,21,23). The molecule has 0 bridgehead atoms. The largest absolute Gasteiger partial charge is 0.446 e. The SMILES string of the molecule is NC(Cc1ccccc1)c1nc(C(=O)NCc2ccccc2)co1. The Morgan fingerprint density at radius 3 is 2.33 bits per heavy atom. The van der Waals surface area contributed by atoms with Crippen molar-refractivity contribution in [2.45, 2.75) is 19.0 Å². The lowest BCUT2D eigenvalue weighted by molar-refractivity contribution is 0.0946. The highest BCUT2D eigenvalue weighted by Crippen LogP contribution is 2.15. The van der Waals surface area contributed by atoms with E-state index in [0.29, 0.717) is 18.9 Å². The molecule has 0 saturated carbocycles. The zero-order valence-electron chi connectivity index (χ0n) is 13.2. The Morgan fingerprint density at radius 2 is 1.67 bits per heavy atom. The molecule has 5 nitrogen and oxygen atoms in total. The second kappa shape index (κ2) is 7.57. The molecule has 1 atom stereocenters. The molecule has 5 heteroatoms. The van der Waals surface area contributed by atoms with E-state index in [1.807, 2.05) is 60.7 Å². The molecule has 0 aliphatic carbocycles. The maximum absolute atomic E-state index is 12.1. The van der Waals surface area contributed by atoms with Crippen LogP contribution in [0.2, 0.25) is 0 Å². The van der Waals surface area contributed by atoms with Crippen LogP contribution in [-0.2, 0) is 13.0 Å². The third kappa shape index (κ3) is 4.08. The molecule has 1 aromatic heterocycles. The van der Waals surface area contributed by atoms with Crippen molar-refractivity contribution < 1.29 is 9.21 Å². The predicted molar refractivity (Wildman–Crippen MR) is 91.2 cm³/mol. The van der Waals surface area contributed by atoms with Crippen LogP contribution in [0, 0.1) is 0 Å². The van der Waals surface area contributed by atoms with Crippen molar-refractivity contribution in [2.75, 3.05) is 0 Å². The van der Waals surface area contributed by atoms with Crippen LogP contribution in [-0.4, -0.2) is 10.9 Å². The number of nitrogens with two attached hydrogens (primary N) is 1. The Balaban J connectivity index is 1.59. The molecule has 0 spiro atoms. The van der Waals surface area contributed by atoms with Gasteiger partial charge in [-0.3, -0.25) is 4.79 Å². The van der Waals surface area contributed by atoms with Crippen molar-refractivity contribution in [3.05, 3.63) is 89.6 Å². The maximum atomic E-state index is 12.1. The van der Waals surface area contributed by atoms with E-state index in [4.69, 9.17) is 10.2 Å². The fourth-order valence-electron chi connectivity index (χ4n) is 2.39. The van der Waals surface area contributed by atoms with Crippen LogP contribution >= 0.6 is 0 Å². The Bertz CT molecular complexity index is 785. The minimum atomic E-state index is -0.386. The lowest BCUT2D eigenvalue weighted by Gasteiger charge is -2.07. The highest BCUT2D eigenvalue weighted by atomic mass is 16.3. The summed E-state index contributed by atoms with van der Waals surface area (Å²) < 4.78 is 5.37. The van der Waals surface area contributed by atoms with E-state index in [0.717, 1.165) is 11.1 Å². The molecule has 0 aliphatic rings. The molecule has 0 fully saturated rings. The van der Waals surface area contributed by atoms with Crippen molar-refractivity contribution in [3.63, 3.8) is 0 Å². The molecule has 0 aliphatic heterocycles. The van der Waals surface area contributed by atoms with Gasteiger partial charge in [0.25, 0.3) is 5.91 Å². The Labute approximate surface area is 140 Å². The summed E-state index contributed by atoms with van der Waals surface area (Å²) in [6.45, 7) is 0.442. The van der Waals surface area contributed by atoms with E-state index in [-0.39, 0.29) is 17.6 Å². The average Bonchev–Trinajstić information content (AvgIpc) is 3.12. The molecule has 122 valence electrons. The molecule has 1 unspecified atom stereocenters. The first-order valence-electron chi connectivity index (χ1n) is 7.79. The number of amides is 1. The minimum absolute atomic E-state index is 0.240. The molecule has 3 rings (SSSR count). The van der Waals surface area contributed by atoms with Crippen LogP contribution in [0.25, 0.3) is 0 Å². The van der Waals surface area contributed by atoms with Crippen LogP contribution in [0.4, 0.5) is 0 Å². The highest BCUT2D eigenvalue weighted by Gasteiger charge is 2.17. The molecular weight excluding hydrogens is 302 g/mol. The minimum Gasteiger partial charge on any atom is -0.446 e. The third-order valence-corrected chi connectivity index (χ3v) is 3.67. The van der Waals surface area contributed by atoms with Crippen molar-refractivity contribution in [2.24, 2.45) is 5.73 Å². The molecule has 0 saturated heterocycles. The smallest absolute Gasteiger partial charge is 0.273 e. The van der Waals surface area contributed by atoms with Gasteiger partial charge in [-0.05, 0) is 17.5 Å². The van der Waals surface area contributed by atoms with Crippen LogP contribution < -0.4 is 11.1 Å². The van der Waals surface area contributed by atoms with Crippen molar-refractivity contribution in [1.82, 2.24) is 10.3 Å². The number of nitrogens with zero attached hydrogens (tertiary/aromatic N) is 1. The van der Waals surface area contributed by atoms with E-state index in [9.17, 15) is 4.79 Å². The van der Waals surface area contributed by atoms with E-state index >= 15 is 0 Å². The van der Waals surface area contributed by atoms with Crippen molar-refractivity contribution in [1.29, 1.82) is 0 Å². The van der Waals surface area contributed by atoms with Gasteiger partial charge in [-0.2, -0.15) is 0 Å². The van der Waals surface area contributed by atoms with Gasteiger partial charge in [0.15, 0.2) is 5.69 Å². The summed E-state index contributed by atoms with van der Waals surface area (Å²) in [6.07, 6.45) is 1.95. The van der Waals surface area contributed by atoms with Gasteiger partial charge in [0.2, 0.25) is 5.89 Å². The zero-order chi connectivity index (χ0) is 16.8. The van der Waals surface area contributed by atoms with Gasteiger partial charge in [-0.1, -0.05) is 60.7 Å². The monoisotopic (exact) mass is 321 g/mol. The number of oxazole rings is 1. The topological polar surface area (TPSA) is 81.1 Å². The Kier molecular flexibility index (Phi) is 5.03.